The lowest BCUT2D eigenvalue weighted by Gasteiger charge is -2.28. The Morgan fingerprint density at radius 3 is 2.95 bits per heavy atom. The SMILES string of the molecule is CCCC1CCCC(N)(CCc2nccn2C)CC1. The van der Waals surface area contributed by atoms with Crippen molar-refractivity contribution in [3.05, 3.63) is 18.2 Å². The molecule has 2 atom stereocenters. The van der Waals surface area contributed by atoms with Gasteiger partial charge in [0.2, 0.25) is 0 Å². The van der Waals surface area contributed by atoms with Crippen molar-refractivity contribution in [1.82, 2.24) is 9.55 Å². The van der Waals surface area contributed by atoms with Crippen LogP contribution in [-0.4, -0.2) is 15.1 Å². The fraction of sp³-hybridized carbons (Fsp3) is 0.812. The molecule has 2 unspecified atom stereocenters. The number of nitrogens with zero attached hydrogens (tertiary/aromatic N) is 2. The van der Waals surface area contributed by atoms with Gasteiger partial charge in [0.25, 0.3) is 0 Å². The summed E-state index contributed by atoms with van der Waals surface area (Å²) in [7, 11) is 2.07. The molecule has 19 heavy (non-hydrogen) atoms. The highest BCUT2D eigenvalue weighted by Crippen LogP contribution is 2.33. The molecular formula is C16H29N3. The average molecular weight is 263 g/mol. The molecule has 1 aliphatic rings. The molecular weight excluding hydrogens is 234 g/mol. The van der Waals surface area contributed by atoms with Crippen LogP contribution in [-0.2, 0) is 13.5 Å². The molecule has 2 N–H and O–H groups in total. The largest absolute Gasteiger partial charge is 0.338 e. The smallest absolute Gasteiger partial charge is 0.108 e. The Balaban J connectivity index is 1.86. The summed E-state index contributed by atoms with van der Waals surface area (Å²) in [4.78, 5) is 4.41. The summed E-state index contributed by atoms with van der Waals surface area (Å²) in [6, 6.07) is 0. The van der Waals surface area contributed by atoms with Gasteiger partial charge in [-0.2, -0.15) is 0 Å². The number of aryl methyl sites for hydroxylation is 2. The second-order valence-electron chi connectivity index (χ2n) is 6.40. The summed E-state index contributed by atoms with van der Waals surface area (Å²) in [6.07, 6.45) is 15.1. The lowest BCUT2D eigenvalue weighted by molar-refractivity contribution is 0.332. The molecule has 0 amide bonds. The molecule has 0 bridgehead atoms. The van der Waals surface area contributed by atoms with Crippen LogP contribution in [0, 0.1) is 5.92 Å². The van der Waals surface area contributed by atoms with Crippen LogP contribution in [0.1, 0.15) is 64.1 Å². The van der Waals surface area contributed by atoms with Gasteiger partial charge in [-0.3, -0.25) is 0 Å². The van der Waals surface area contributed by atoms with Gasteiger partial charge >= 0.3 is 0 Å². The predicted octanol–water partition coefficient (Wildman–Crippen LogP) is 3.43. The Bertz CT molecular complexity index is 385. The summed E-state index contributed by atoms with van der Waals surface area (Å²) in [5, 5.41) is 0. The number of nitrogens with two attached hydrogens (primary N) is 1. The second kappa shape index (κ2) is 6.56. The molecule has 0 spiro atoms. The zero-order valence-corrected chi connectivity index (χ0v) is 12.6. The third-order valence-corrected chi connectivity index (χ3v) is 4.80. The Morgan fingerprint density at radius 1 is 1.42 bits per heavy atom. The number of hydrogen-bond donors (Lipinski definition) is 1. The van der Waals surface area contributed by atoms with E-state index >= 15 is 0 Å². The van der Waals surface area contributed by atoms with Gasteiger partial charge in [-0.1, -0.05) is 32.6 Å². The predicted molar refractivity (Wildman–Crippen MR) is 79.9 cm³/mol. The molecule has 0 saturated heterocycles. The van der Waals surface area contributed by atoms with E-state index in [1.807, 2.05) is 12.4 Å². The number of rotatable bonds is 5. The summed E-state index contributed by atoms with van der Waals surface area (Å²) in [5.74, 6) is 2.09. The van der Waals surface area contributed by atoms with Crippen molar-refractivity contribution in [2.24, 2.45) is 18.7 Å². The molecule has 1 aliphatic carbocycles. The van der Waals surface area contributed by atoms with Crippen molar-refractivity contribution in [2.75, 3.05) is 0 Å². The van der Waals surface area contributed by atoms with E-state index in [1.165, 1.54) is 50.8 Å². The maximum absolute atomic E-state index is 6.65. The van der Waals surface area contributed by atoms with Gasteiger partial charge in [0.15, 0.2) is 0 Å². The zero-order valence-electron chi connectivity index (χ0n) is 12.6. The molecule has 1 heterocycles. The second-order valence-corrected chi connectivity index (χ2v) is 6.40. The lowest BCUT2D eigenvalue weighted by Crippen LogP contribution is -2.39. The third kappa shape index (κ3) is 4.07. The molecule has 0 radical (unpaired) electrons. The minimum atomic E-state index is 0.0500. The fourth-order valence-corrected chi connectivity index (χ4v) is 3.45. The molecule has 0 aromatic carbocycles. The zero-order chi connectivity index (χ0) is 13.7. The molecule has 1 fully saturated rings. The maximum Gasteiger partial charge on any atom is 0.108 e. The Kier molecular flexibility index (Phi) is 5.03. The first-order valence-electron chi connectivity index (χ1n) is 7.88. The topological polar surface area (TPSA) is 43.8 Å². The van der Waals surface area contributed by atoms with Crippen LogP contribution in [0.4, 0.5) is 0 Å². The standard InChI is InChI=1S/C16H29N3/c1-3-5-14-6-4-9-16(17,10-7-14)11-8-15-18-12-13-19(15)2/h12-14H,3-11,17H2,1-2H3. The van der Waals surface area contributed by atoms with Crippen molar-refractivity contribution in [3.8, 4) is 0 Å². The number of imidazole rings is 1. The molecule has 0 aliphatic heterocycles. The van der Waals surface area contributed by atoms with Crippen molar-refractivity contribution < 1.29 is 0 Å². The van der Waals surface area contributed by atoms with Crippen LogP contribution in [0.25, 0.3) is 0 Å². The Morgan fingerprint density at radius 2 is 2.26 bits per heavy atom. The van der Waals surface area contributed by atoms with Crippen molar-refractivity contribution in [3.63, 3.8) is 0 Å². The van der Waals surface area contributed by atoms with Crippen molar-refractivity contribution in [2.45, 2.75) is 70.3 Å². The maximum atomic E-state index is 6.65. The average Bonchev–Trinajstić information content (AvgIpc) is 2.70. The van der Waals surface area contributed by atoms with Gasteiger partial charge in [-0.25, -0.2) is 4.98 Å². The van der Waals surface area contributed by atoms with E-state index in [1.54, 1.807) is 0 Å². The Hall–Kier alpha value is -0.830. The van der Waals surface area contributed by atoms with Gasteiger partial charge in [0, 0.05) is 31.4 Å². The minimum Gasteiger partial charge on any atom is -0.338 e. The van der Waals surface area contributed by atoms with Gasteiger partial charge < -0.3 is 10.3 Å². The van der Waals surface area contributed by atoms with Crippen LogP contribution < -0.4 is 5.73 Å². The fourth-order valence-electron chi connectivity index (χ4n) is 3.45. The van der Waals surface area contributed by atoms with Crippen molar-refractivity contribution >= 4 is 0 Å². The highest BCUT2D eigenvalue weighted by molar-refractivity contribution is 4.96. The van der Waals surface area contributed by atoms with Crippen molar-refractivity contribution in [1.29, 1.82) is 0 Å². The molecule has 3 heteroatoms. The summed E-state index contributed by atoms with van der Waals surface area (Å²) >= 11 is 0. The van der Waals surface area contributed by atoms with E-state index in [-0.39, 0.29) is 5.54 Å². The van der Waals surface area contributed by atoms with E-state index in [4.69, 9.17) is 5.73 Å². The Labute approximate surface area is 117 Å². The first kappa shape index (κ1) is 14.6. The highest BCUT2D eigenvalue weighted by Gasteiger charge is 2.29. The monoisotopic (exact) mass is 263 g/mol. The van der Waals surface area contributed by atoms with Gasteiger partial charge in [0.1, 0.15) is 5.82 Å². The van der Waals surface area contributed by atoms with Gasteiger partial charge in [-0.05, 0) is 31.6 Å². The molecule has 1 aromatic heterocycles. The van der Waals surface area contributed by atoms with E-state index in [9.17, 15) is 0 Å². The molecule has 1 aromatic rings. The number of hydrogen-bond acceptors (Lipinski definition) is 2. The third-order valence-electron chi connectivity index (χ3n) is 4.80. The minimum absolute atomic E-state index is 0.0500. The number of aromatic nitrogens is 2. The van der Waals surface area contributed by atoms with E-state index < -0.39 is 0 Å². The first-order valence-corrected chi connectivity index (χ1v) is 7.88. The summed E-state index contributed by atoms with van der Waals surface area (Å²) in [5.41, 5.74) is 6.70. The van der Waals surface area contributed by atoms with Crippen LogP contribution in [0.3, 0.4) is 0 Å². The molecule has 3 nitrogen and oxygen atoms in total. The van der Waals surface area contributed by atoms with Crippen LogP contribution in [0.15, 0.2) is 12.4 Å². The normalized spacial score (nSPS) is 28.3. The summed E-state index contributed by atoms with van der Waals surface area (Å²) < 4.78 is 2.11. The van der Waals surface area contributed by atoms with Crippen LogP contribution in [0.5, 0.6) is 0 Å². The van der Waals surface area contributed by atoms with Gasteiger partial charge in [-0.15, -0.1) is 0 Å². The lowest BCUT2D eigenvalue weighted by atomic mass is 9.86. The molecule has 108 valence electrons. The van der Waals surface area contributed by atoms with E-state index in [0.717, 1.165) is 18.8 Å². The van der Waals surface area contributed by atoms with Crippen LogP contribution in [0.2, 0.25) is 0 Å². The summed E-state index contributed by atoms with van der Waals surface area (Å²) in [6.45, 7) is 2.29. The van der Waals surface area contributed by atoms with E-state index in [0.29, 0.717) is 0 Å². The highest BCUT2D eigenvalue weighted by atomic mass is 15.0. The van der Waals surface area contributed by atoms with Gasteiger partial charge in [0.05, 0.1) is 0 Å². The van der Waals surface area contributed by atoms with E-state index in [2.05, 4.69) is 23.5 Å². The molecule has 2 rings (SSSR count). The molecule has 1 saturated carbocycles. The van der Waals surface area contributed by atoms with Crippen LogP contribution >= 0.6 is 0 Å². The first-order chi connectivity index (χ1) is 9.13. The quantitative estimate of drug-likeness (QED) is 0.827.